The van der Waals surface area contributed by atoms with Crippen LogP contribution in [0.2, 0.25) is 5.02 Å². The number of benzene rings is 2. The van der Waals surface area contributed by atoms with Gasteiger partial charge in [0.05, 0.1) is 9.80 Å². The Bertz CT molecular complexity index is 850. The molecule has 0 amide bonds. The highest BCUT2D eigenvalue weighted by Crippen LogP contribution is 2.30. The molecule has 1 heterocycles. The summed E-state index contributed by atoms with van der Waals surface area (Å²) in [5.41, 5.74) is 1.70. The molecular formula is C20H22ClNO2S. The van der Waals surface area contributed by atoms with Crippen molar-refractivity contribution < 1.29 is 8.42 Å². The van der Waals surface area contributed by atoms with Crippen LogP contribution in [0.3, 0.4) is 0 Å². The van der Waals surface area contributed by atoms with E-state index in [0.29, 0.717) is 20.4 Å². The molecule has 3 rings (SSSR count). The van der Waals surface area contributed by atoms with Gasteiger partial charge < -0.3 is 4.90 Å². The van der Waals surface area contributed by atoms with Gasteiger partial charge in [-0.15, -0.1) is 0 Å². The molecule has 5 heteroatoms. The van der Waals surface area contributed by atoms with Crippen LogP contribution in [0.15, 0.2) is 59.6 Å². The van der Waals surface area contributed by atoms with Crippen molar-refractivity contribution in [3.05, 3.63) is 70.9 Å². The molecule has 0 aliphatic carbocycles. The highest BCUT2D eigenvalue weighted by Gasteiger charge is 2.24. The summed E-state index contributed by atoms with van der Waals surface area (Å²) in [6, 6.07) is 14.0. The first-order valence-electron chi connectivity index (χ1n) is 8.50. The van der Waals surface area contributed by atoms with Crippen LogP contribution in [0.4, 0.5) is 0 Å². The van der Waals surface area contributed by atoms with E-state index in [9.17, 15) is 8.42 Å². The molecule has 0 atom stereocenters. The number of nitrogens with zero attached hydrogens (tertiary/aromatic N) is 1. The standard InChI is InChI=1S/C20H22ClNO2S/c1-16-5-11-19(12-6-16)25(23,24)20(15-22-13-3-2-4-14-22)17-7-9-18(21)10-8-17/h5-12,15H,2-4,13-14H2,1H3/b20-15+. The van der Waals surface area contributed by atoms with E-state index in [2.05, 4.69) is 4.90 Å². The van der Waals surface area contributed by atoms with Gasteiger partial charge in [0, 0.05) is 24.3 Å². The predicted octanol–water partition coefficient (Wildman–Crippen LogP) is 4.91. The van der Waals surface area contributed by atoms with E-state index < -0.39 is 9.84 Å². The van der Waals surface area contributed by atoms with Gasteiger partial charge in [-0.2, -0.15) is 0 Å². The zero-order valence-electron chi connectivity index (χ0n) is 14.3. The second kappa shape index (κ2) is 7.63. The normalized spacial score (nSPS) is 16.1. The molecule has 25 heavy (non-hydrogen) atoms. The number of hydrogen-bond donors (Lipinski definition) is 0. The first-order valence-corrected chi connectivity index (χ1v) is 10.4. The first kappa shape index (κ1) is 18.0. The second-order valence-corrected chi connectivity index (χ2v) is 8.77. The van der Waals surface area contributed by atoms with E-state index in [1.165, 1.54) is 6.42 Å². The molecule has 2 aromatic rings. The van der Waals surface area contributed by atoms with Crippen LogP contribution in [0.1, 0.15) is 30.4 Å². The van der Waals surface area contributed by atoms with Crippen molar-refractivity contribution in [1.29, 1.82) is 0 Å². The van der Waals surface area contributed by atoms with Gasteiger partial charge in [-0.1, -0.05) is 41.4 Å². The van der Waals surface area contributed by atoms with Crippen LogP contribution in [-0.2, 0) is 9.84 Å². The summed E-state index contributed by atoms with van der Waals surface area (Å²) in [4.78, 5) is 2.75. The van der Waals surface area contributed by atoms with Gasteiger partial charge in [0.1, 0.15) is 0 Å². The van der Waals surface area contributed by atoms with Crippen molar-refractivity contribution in [2.24, 2.45) is 0 Å². The highest BCUT2D eigenvalue weighted by molar-refractivity contribution is 8.00. The van der Waals surface area contributed by atoms with Crippen molar-refractivity contribution in [3.63, 3.8) is 0 Å². The molecule has 0 aromatic heterocycles. The monoisotopic (exact) mass is 375 g/mol. The quantitative estimate of drug-likeness (QED) is 0.762. The number of piperidine rings is 1. The average Bonchev–Trinajstić information content (AvgIpc) is 2.62. The van der Waals surface area contributed by atoms with Gasteiger partial charge in [-0.05, 0) is 56.0 Å². The third-order valence-corrected chi connectivity index (χ3v) is 6.50. The number of hydrogen-bond acceptors (Lipinski definition) is 3. The molecule has 0 spiro atoms. The highest BCUT2D eigenvalue weighted by atomic mass is 35.5. The third-order valence-electron chi connectivity index (χ3n) is 4.44. The third kappa shape index (κ3) is 4.25. The maximum atomic E-state index is 13.3. The Hall–Kier alpha value is -1.78. The largest absolute Gasteiger partial charge is 0.376 e. The predicted molar refractivity (Wildman–Crippen MR) is 103 cm³/mol. The van der Waals surface area contributed by atoms with Crippen molar-refractivity contribution in [1.82, 2.24) is 4.90 Å². The maximum Gasteiger partial charge on any atom is 0.208 e. The number of aryl methyl sites for hydroxylation is 1. The Kier molecular flexibility index (Phi) is 5.50. The topological polar surface area (TPSA) is 37.4 Å². The molecule has 0 bridgehead atoms. The van der Waals surface area contributed by atoms with E-state index >= 15 is 0 Å². The fraction of sp³-hybridized carbons (Fsp3) is 0.300. The lowest BCUT2D eigenvalue weighted by molar-refractivity contribution is 0.311. The minimum atomic E-state index is -3.61. The summed E-state index contributed by atoms with van der Waals surface area (Å²) in [6.07, 6.45) is 5.19. The maximum absolute atomic E-state index is 13.3. The van der Waals surface area contributed by atoms with Crippen molar-refractivity contribution in [3.8, 4) is 0 Å². The number of rotatable bonds is 4. The molecule has 3 nitrogen and oxygen atoms in total. The fourth-order valence-corrected chi connectivity index (χ4v) is 4.58. The Labute approximate surface area is 154 Å². The SMILES string of the molecule is Cc1ccc(S(=O)(=O)/C(=C/N2CCCCC2)c2ccc(Cl)cc2)cc1. The summed E-state index contributed by atoms with van der Waals surface area (Å²) in [5.74, 6) is 0. The van der Waals surface area contributed by atoms with E-state index in [1.54, 1.807) is 42.6 Å². The van der Waals surface area contributed by atoms with Crippen LogP contribution in [0, 0.1) is 6.92 Å². The molecule has 1 aliphatic heterocycles. The number of likely N-dealkylation sites (tertiary alicyclic amines) is 1. The Morgan fingerprint density at radius 3 is 2.16 bits per heavy atom. The molecule has 132 valence electrons. The molecule has 1 aliphatic rings. The van der Waals surface area contributed by atoms with Crippen molar-refractivity contribution >= 4 is 26.3 Å². The lowest BCUT2D eigenvalue weighted by Crippen LogP contribution is -2.25. The van der Waals surface area contributed by atoms with E-state index in [0.717, 1.165) is 31.5 Å². The summed E-state index contributed by atoms with van der Waals surface area (Å²) in [6.45, 7) is 3.72. The molecule has 0 saturated carbocycles. The van der Waals surface area contributed by atoms with Gasteiger partial charge in [0.2, 0.25) is 9.84 Å². The smallest absolute Gasteiger partial charge is 0.208 e. The minimum Gasteiger partial charge on any atom is -0.376 e. The molecule has 0 radical (unpaired) electrons. The van der Waals surface area contributed by atoms with Crippen LogP contribution in [0.25, 0.3) is 4.91 Å². The first-order chi connectivity index (χ1) is 12.0. The van der Waals surface area contributed by atoms with Crippen LogP contribution in [-0.4, -0.2) is 26.4 Å². The second-order valence-electron chi connectivity index (χ2n) is 6.41. The van der Waals surface area contributed by atoms with E-state index in [-0.39, 0.29) is 0 Å². The van der Waals surface area contributed by atoms with Gasteiger partial charge in [0.25, 0.3) is 0 Å². The van der Waals surface area contributed by atoms with Crippen LogP contribution in [0.5, 0.6) is 0 Å². The zero-order valence-corrected chi connectivity index (χ0v) is 15.9. The van der Waals surface area contributed by atoms with Crippen LogP contribution >= 0.6 is 11.6 Å². The van der Waals surface area contributed by atoms with Gasteiger partial charge >= 0.3 is 0 Å². The lowest BCUT2D eigenvalue weighted by Gasteiger charge is -2.26. The van der Waals surface area contributed by atoms with Gasteiger partial charge in [0.15, 0.2) is 0 Å². The average molecular weight is 376 g/mol. The Balaban J connectivity index is 2.07. The fourth-order valence-electron chi connectivity index (χ4n) is 2.97. The molecule has 0 N–H and O–H groups in total. The molecule has 1 fully saturated rings. The van der Waals surface area contributed by atoms with Gasteiger partial charge in [-0.3, -0.25) is 0 Å². The Morgan fingerprint density at radius 2 is 1.56 bits per heavy atom. The summed E-state index contributed by atoms with van der Waals surface area (Å²) in [5, 5.41) is 0.591. The van der Waals surface area contributed by atoms with Crippen molar-refractivity contribution in [2.45, 2.75) is 31.1 Å². The zero-order chi connectivity index (χ0) is 17.9. The van der Waals surface area contributed by atoms with Crippen molar-refractivity contribution in [2.75, 3.05) is 13.1 Å². The van der Waals surface area contributed by atoms with E-state index in [1.807, 2.05) is 19.1 Å². The Morgan fingerprint density at radius 1 is 0.960 bits per heavy atom. The molecule has 2 aromatic carbocycles. The summed E-state index contributed by atoms with van der Waals surface area (Å²) in [7, 11) is -3.61. The van der Waals surface area contributed by atoms with Crippen LogP contribution < -0.4 is 0 Å². The minimum absolute atomic E-state index is 0.316. The summed E-state index contributed by atoms with van der Waals surface area (Å²) < 4.78 is 26.5. The number of sulfone groups is 1. The molecule has 1 saturated heterocycles. The molecule has 0 unspecified atom stereocenters. The van der Waals surface area contributed by atoms with Gasteiger partial charge in [-0.25, -0.2) is 8.42 Å². The molecular weight excluding hydrogens is 354 g/mol. The lowest BCUT2D eigenvalue weighted by atomic mass is 10.1. The summed E-state index contributed by atoms with van der Waals surface area (Å²) >= 11 is 5.98. The van der Waals surface area contributed by atoms with E-state index in [4.69, 9.17) is 11.6 Å². The number of halogens is 1.